The highest BCUT2D eigenvalue weighted by atomic mass is 35.5. The summed E-state index contributed by atoms with van der Waals surface area (Å²) < 4.78 is 0. The number of anilines is 1. The second-order valence-corrected chi connectivity index (χ2v) is 4.74. The fourth-order valence-corrected chi connectivity index (χ4v) is 2.15. The lowest BCUT2D eigenvalue weighted by Crippen LogP contribution is -2.01. The highest BCUT2D eigenvalue weighted by molar-refractivity contribution is 6.34. The van der Waals surface area contributed by atoms with E-state index in [2.05, 4.69) is 10.3 Å². The molecular formula is C12H9Cl3N2. The predicted octanol–water partition coefficient (Wildman–Crippen LogP) is 4.65. The van der Waals surface area contributed by atoms with Crippen molar-refractivity contribution in [3.05, 3.63) is 57.2 Å². The minimum Gasteiger partial charge on any atom is -0.366 e. The molecule has 0 saturated carbocycles. The van der Waals surface area contributed by atoms with Crippen molar-refractivity contribution in [2.45, 2.75) is 6.54 Å². The molecule has 1 N–H and O–H groups in total. The third-order valence-corrected chi connectivity index (χ3v) is 2.76. The van der Waals surface area contributed by atoms with Gasteiger partial charge >= 0.3 is 0 Å². The Kier molecular flexibility index (Phi) is 4.11. The summed E-state index contributed by atoms with van der Waals surface area (Å²) in [5, 5.41) is 4.84. The molecule has 0 spiro atoms. The molecule has 0 radical (unpaired) electrons. The van der Waals surface area contributed by atoms with Gasteiger partial charge < -0.3 is 5.32 Å². The molecular weight excluding hydrogens is 279 g/mol. The van der Waals surface area contributed by atoms with Crippen LogP contribution in [0.1, 0.15) is 5.56 Å². The van der Waals surface area contributed by atoms with Crippen molar-refractivity contribution in [2.24, 2.45) is 0 Å². The molecule has 1 aromatic heterocycles. The van der Waals surface area contributed by atoms with Gasteiger partial charge in [-0.05, 0) is 35.9 Å². The Balaban J connectivity index is 2.07. The van der Waals surface area contributed by atoms with Gasteiger partial charge in [0.2, 0.25) is 0 Å². The zero-order chi connectivity index (χ0) is 12.3. The van der Waals surface area contributed by atoms with Crippen LogP contribution in [0, 0.1) is 0 Å². The summed E-state index contributed by atoms with van der Waals surface area (Å²) in [6.07, 6.45) is 0. The minimum absolute atomic E-state index is 0.458. The van der Waals surface area contributed by atoms with Gasteiger partial charge in [0.1, 0.15) is 11.0 Å². The fraction of sp³-hybridized carbons (Fsp3) is 0.0833. The third-order valence-electron chi connectivity index (χ3n) is 2.11. The lowest BCUT2D eigenvalue weighted by Gasteiger charge is -2.06. The van der Waals surface area contributed by atoms with Crippen LogP contribution < -0.4 is 5.32 Å². The largest absolute Gasteiger partial charge is 0.366 e. The molecule has 0 unspecified atom stereocenters. The second kappa shape index (κ2) is 5.58. The molecule has 0 aliphatic rings. The lowest BCUT2D eigenvalue weighted by atomic mass is 10.2. The SMILES string of the molecule is Clc1cc(Cl)cc(CNc2cccc(Cl)n2)c1. The molecule has 0 fully saturated rings. The molecule has 0 atom stereocenters. The Labute approximate surface area is 115 Å². The monoisotopic (exact) mass is 286 g/mol. The molecule has 2 nitrogen and oxygen atoms in total. The molecule has 1 heterocycles. The van der Waals surface area contributed by atoms with Crippen LogP contribution >= 0.6 is 34.8 Å². The molecule has 2 rings (SSSR count). The molecule has 0 bridgehead atoms. The summed E-state index contributed by atoms with van der Waals surface area (Å²) in [6, 6.07) is 10.8. The normalized spacial score (nSPS) is 10.3. The van der Waals surface area contributed by atoms with E-state index >= 15 is 0 Å². The topological polar surface area (TPSA) is 24.9 Å². The van der Waals surface area contributed by atoms with E-state index < -0.39 is 0 Å². The van der Waals surface area contributed by atoms with E-state index in [0.717, 1.165) is 5.56 Å². The number of pyridine rings is 1. The number of nitrogens with one attached hydrogen (secondary N) is 1. The number of rotatable bonds is 3. The standard InChI is InChI=1S/C12H9Cl3N2/c13-9-4-8(5-10(14)6-9)7-16-12-3-1-2-11(15)17-12/h1-6H,7H2,(H,16,17). The van der Waals surface area contributed by atoms with E-state index in [-0.39, 0.29) is 0 Å². The van der Waals surface area contributed by atoms with Crippen LogP contribution in [0.5, 0.6) is 0 Å². The van der Waals surface area contributed by atoms with Crippen LogP contribution in [-0.4, -0.2) is 4.98 Å². The first-order valence-electron chi connectivity index (χ1n) is 4.95. The number of halogens is 3. The average molecular weight is 288 g/mol. The van der Waals surface area contributed by atoms with E-state index in [9.17, 15) is 0 Å². The van der Waals surface area contributed by atoms with Crippen molar-refractivity contribution in [3.63, 3.8) is 0 Å². The first kappa shape index (κ1) is 12.5. The summed E-state index contributed by atoms with van der Waals surface area (Å²) in [7, 11) is 0. The van der Waals surface area contributed by atoms with Crippen molar-refractivity contribution in [3.8, 4) is 0 Å². The van der Waals surface area contributed by atoms with Gasteiger partial charge in [-0.3, -0.25) is 0 Å². The quantitative estimate of drug-likeness (QED) is 0.831. The molecule has 0 amide bonds. The molecule has 0 aliphatic carbocycles. The van der Waals surface area contributed by atoms with Crippen molar-refractivity contribution < 1.29 is 0 Å². The fourth-order valence-electron chi connectivity index (χ4n) is 1.41. The highest BCUT2D eigenvalue weighted by Crippen LogP contribution is 2.20. The van der Waals surface area contributed by atoms with E-state index in [4.69, 9.17) is 34.8 Å². The van der Waals surface area contributed by atoms with Gasteiger partial charge in [-0.2, -0.15) is 0 Å². The minimum atomic E-state index is 0.458. The van der Waals surface area contributed by atoms with Crippen LogP contribution in [0.3, 0.4) is 0 Å². The van der Waals surface area contributed by atoms with Crippen LogP contribution in [-0.2, 0) is 6.54 Å². The number of nitrogens with zero attached hydrogens (tertiary/aromatic N) is 1. The Morgan fingerprint density at radius 3 is 2.35 bits per heavy atom. The maximum Gasteiger partial charge on any atom is 0.131 e. The smallest absolute Gasteiger partial charge is 0.131 e. The summed E-state index contributed by atoms with van der Waals surface area (Å²) in [6.45, 7) is 0.591. The Bertz CT molecular complexity index is 509. The molecule has 1 aromatic carbocycles. The van der Waals surface area contributed by atoms with E-state index in [0.29, 0.717) is 27.6 Å². The average Bonchev–Trinajstić information content (AvgIpc) is 2.25. The van der Waals surface area contributed by atoms with Gasteiger partial charge in [0.25, 0.3) is 0 Å². The molecule has 88 valence electrons. The predicted molar refractivity (Wildman–Crippen MR) is 73.0 cm³/mol. The summed E-state index contributed by atoms with van der Waals surface area (Å²) in [4.78, 5) is 4.12. The van der Waals surface area contributed by atoms with Gasteiger partial charge in [-0.1, -0.05) is 40.9 Å². The first-order valence-corrected chi connectivity index (χ1v) is 6.08. The number of hydrogen-bond acceptors (Lipinski definition) is 2. The first-order chi connectivity index (χ1) is 8.13. The van der Waals surface area contributed by atoms with Crippen LogP contribution in [0.15, 0.2) is 36.4 Å². The van der Waals surface area contributed by atoms with E-state index in [1.807, 2.05) is 24.3 Å². The third kappa shape index (κ3) is 3.77. The van der Waals surface area contributed by atoms with Gasteiger partial charge in [-0.25, -0.2) is 4.98 Å². The molecule has 0 aliphatic heterocycles. The van der Waals surface area contributed by atoms with Crippen molar-refractivity contribution in [2.75, 3.05) is 5.32 Å². The van der Waals surface area contributed by atoms with Crippen molar-refractivity contribution >= 4 is 40.6 Å². The number of benzene rings is 1. The molecule has 5 heteroatoms. The Morgan fingerprint density at radius 2 is 1.71 bits per heavy atom. The summed E-state index contributed by atoms with van der Waals surface area (Å²) in [5.41, 5.74) is 0.990. The van der Waals surface area contributed by atoms with E-state index in [1.165, 1.54) is 0 Å². The molecule has 17 heavy (non-hydrogen) atoms. The highest BCUT2D eigenvalue weighted by Gasteiger charge is 1.99. The summed E-state index contributed by atoms with van der Waals surface area (Å²) >= 11 is 17.6. The van der Waals surface area contributed by atoms with Crippen LogP contribution in [0.25, 0.3) is 0 Å². The van der Waals surface area contributed by atoms with Crippen LogP contribution in [0.2, 0.25) is 15.2 Å². The zero-order valence-corrected chi connectivity index (χ0v) is 11.0. The van der Waals surface area contributed by atoms with Gasteiger partial charge in [0, 0.05) is 16.6 Å². The number of hydrogen-bond donors (Lipinski definition) is 1. The van der Waals surface area contributed by atoms with E-state index in [1.54, 1.807) is 12.1 Å². The number of aromatic nitrogens is 1. The second-order valence-electron chi connectivity index (χ2n) is 3.48. The summed E-state index contributed by atoms with van der Waals surface area (Å²) in [5.74, 6) is 0.716. The van der Waals surface area contributed by atoms with Gasteiger partial charge in [0.15, 0.2) is 0 Å². The van der Waals surface area contributed by atoms with Crippen molar-refractivity contribution in [1.82, 2.24) is 4.98 Å². The Morgan fingerprint density at radius 1 is 1.00 bits per heavy atom. The van der Waals surface area contributed by atoms with Crippen LogP contribution in [0.4, 0.5) is 5.82 Å². The van der Waals surface area contributed by atoms with Gasteiger partial charge in [0.05, 0.1) is 0 Å². The Hall–Kier alpha value is -0.960. The zero-order valence-electron chi connectivity index (χ0n) is 8.75. The van der Waals surface area contributed by atoms with Gasteiger partial charge in [-0.15, -0.1) is 0 Å². The molecule has 0 saturated heterocycles. The van der Waals surface area contributed by atoms with Crippen molar-refractivity contribution in [1.29, 1.82) is 0 Å². The maximum absolute atomic E-state index is 5.91. The lowest BCUT2D eigenvalue weighted by molar-refractivity contribution is 1.11. The molecule has 2 aromatic rings. The maximum atomic E-state index is 5.91.